The number of nitrogens with one attached hydrogen (secondary N) is 2. The van der Waals surface area contributed by atoms with Gasteiger partial charge in [-0.05, 0) is 57.1 Å². The Balaban J connectivity index is 0.00000280. The number of anilines is 1. The molecule has 1 saturated carbocycles. The molecule has 3 rings (SSSR count). The third-order valence-corrected chi connectivity index (χ3v) is 5.44. The monoisotopic (exact) mass is 508 g/mol. The number of halogens is 3. The Morgan fingerprint density at radius 2 is 1.93 bits per heavy atom. The molecule has 1 heterocycles. The van der Waals surface area contributed by atoms with Gasteiger partial charge in [-0.15, -0.1) is 24.0 Å². The minimum atomic E-state index is -0.810. The molecule has 1 aliphatic heterocycles. The van der Waals surface area contributed by atoms with Crippen LogP contribution < -0.4 is 15.5 Å². The van der Waals surface area contributed by atoms with Gasteiger partial charge in [0.1, 0.15) is 0 Å². The lowest BCUT2D eigenvalue weighted by Crippen LogP contribution is -2.45. The summed E-state index contributed by atoms with van der Waals surface area (Å²) in [5.74, 6) is -0.396. The number of aliphatic imine (C=N–C) groups is 1. The van der Waals surface area contributed by atoms with Crippen LogP contribution in [0.4, 0.5) is 14.5 Å². The summed E-state index contributed by atoms with van der Waals surface area (Å²) in [7, 11) is 0. The number of nitrogens with zero attached hydrogens (tertiary/aromatic N) is 2. The Morgan fingerprint density at radius 1 is 1.18 bits per heavy atom. The van der Waals surface area contributed by atoms with Gasteiger partial charge in [0.15, 0.2) is 17.6 Å². The predicted octanol–water partition coefficient (Wildman–Crippen LogP) is 3.27. The first-order chi connectivity index (χ1) is 13.0. The van der Waals surface area contributed by atoms with Crippen LogP contribution in [-0.2, 0) is 0 Å². The van der Waals surface area contributed by atoms with E-state index in [0.29, 0.717) is 18.5 Å². The van der Waals surface area contributed by atoms with E-state index in [9.17, 15) is 13.9 Å². The Kier molecular flexibility index (Phi) is 9.20. The zero-order chi connectivity index (χ0) is 19.2. The van der Waals surface area contributed by atoms with E-state index in [1.165, 1.54) is 12.1 Å². The van der Waals surface area contributed by atoms with Crippen molar-refractivity contribution in [3.05, 3.63) is 29.8 Å². The van der Waals surface area contributed by atoms with Gasteiger partial charge in [-0.1, -0.05) is 0 Å². The Bertz CT molecular complexity index is 653. The van der Waals surface area contributed by atoms with E-state index in [4.69, 9.17) is 4.99 Å². The highest BCUT2D eigenvalue weighted by Gasteiger charge is 2.24. The normalized spacial score (nSPS) is 25.4. The zero-order valence-electron chi connectivity index (χ0n) is 16.3. The van der Waals surface area contributed by atoms with E-state index in [1.54, 1.807) is 6.07 Å². The molecule has 0 bridgehead atoms. The average molecular weight is 508 g/mol. The summed E-state index contributed by atoms with van der Waals surface area (Å²) in [5.41, 5.74) is 0.728. The number of hydrogen-bond donors (Lipinski definition) is 3. The maximum absolute atomic E-state index is 13.5. The molecule has 1 aliphatic carbocycles. The second-order valence-electron chi connectivity index (χ2n) is 7.57. The van der Waals surface area contributed by atoms with Crippen molar-refractivity contribution in [2.45, 2.75) is 51.2 Å². The average Bonchev–Trinajstić information content (AvgIpc) is 3.13. The number of benzene rings is 1. The molecule has 158 valence electrons. The predicted molar refractivity (Wildman–Crippen MR) is 119 cm³/mol. The van der Waals surface area contributed by atoms with Crippen LogP contribution in [-0.4, -0.2) is 49.4 Å². The molecule has 0 amide bonds. The summed E-state index contributed by atoms with van der Waals surface area (Å²) < 4.78 is 26.6. The highest BCUT2D eigenvalue weighted by molar-refractivity contribution is 14.0. The molecule has 1 saturated heterocycles. The second kappa shape index (κ2) is 11.1. The van der Waals surface area contributed by atoms with Gasteiger partial charge < -0.3 is 20.6 Å². The molecule has 28 heavy (non-hydrogen) atoms. The smallest absolute Gasteiger partial charge is 0.191 e. The van der Waals surface area contributed by atoms with Gasteiger partial charge in [-0.25, -0.2) is 8.78 Å². The van der Waals surface area contributed by atoms with E-state index in [0.717, 1.165) is 63.4 Å². The minimum Gasteiger partial charge on any atom is -0.393 e. The van der Waals surface area contributed by atoms with E-state index in [2.05, 4.69) is 15.5 Å². The van der Waals surface area contributed by atoms with Crippen molar-refractivity contribution >= 4 is 35.6 Å². The van der Waals surface area contributed by atoms with Crippen LogP contribution >= 0.6 is 24.0 Å². The van der Waals surface area contributed by atoms with Crippen molar-refractivity contribution in [3.8, 4) is 0 Å². The fourth-order valence-electron chi connectivity index (χ4n) is 3.85. The van der Waals surface area contributed by atoms with Gasteiger partial charge in [-0.3, -0.25) is 4.99 Å². The molecular formula is C20H31F2IN4O. The van der Waals surface area contributed by atoms with Crippen LogP contribution in [0.15, 0.2) is 23.2 Å². The first-order valence-electron chi connectivity index (χ1n) is 9.98. The maximum Gasteiger partial charge on any atom is 0.191 e. The molecule has 1 unspecified atom stereocenters. The molecule has 1 atom stereocenters. The van der Waals surface area contributed by atoms with Gasteiger partial charge >= 0.3 is 0 Å². The van der Waals surface area contributed by atoms with Gasteiger partial charge in [0.25, 0.3) is 0 Å². The Morgan fingerprint density at radius 3 is 2.61 bits per heavy atom. The van der Waals surface area contributed by atoms with Crippen molar-refractivity contribution in [2.24, 2.45) is 10.9 Å². The molecule has 0 spiro atoms. The lowest BCUT2D eigenvalue weighted by molar-refractivity contribution is 0.120. The summed E-state index contributed by atoms with van der Waals surface area (Å²) in [6.07, 6.45) is 4.41. The second-order valence-corrected chi connectivity index (χ2v) is 7.57. The zero-order valence-corrected chi connectivity index (χ0v) is 18.7. The van der Waals surface area contributed by atoms with Crippen molar-refractivity contribution in [1.82, 2.24) is 10.6 Å². The van der Waals surface area contributed by atoms with E-state index < -0.39 is 11.6 Å². The van der Waals surface area contributed by atoms with E-state index in [-0.39, 0.29) is 30.1 Å². The topological polar surface area (TPSA) is 59.9 Å². The summed E-state index contributed by atoms with van der Waals surface area (Å²) in [6.45, 7) is 5.17. The van der Waals surface area contributed by atoms with Crippen LogP contribution in [0.3, 0.4) is 0 Å². The standard InChI is InChI=1S/C20H30F2N4O.HI/c1-2-23-20(25-15-3-6-17(27)7-4-15)24-12-14-9-10-26(13-14)16-5-8-18(21)19(22)11-16;/h5,8,11,14-15,17,27H,2-4,6-7,9-10,12-13H2,1H3,(H2,23,24,25);1H. The first-order valence-corrected chi connectivity index (χ1v) is 9.98. The fraction of sp³-hybridized carbons (Fsp3) is 0.650. The molecule has 3 N–H and O–H groups in total. The number of hydrogen-bond acceptors (Lipinski definition) is 3. The molecule has 1 aromatic carbocycles. The molecule has 1 aromatic rings. The number of aliphatic hydroxyl groups is 1. The van der Waals surface area contributed by atoms with Crippen LogP contribution in [0.1, 0.15) is 39.0 Å². The molecular weight excluding hydrogens is 477 g/mol. The molecule has 8 heteroatoms. The quantitative estimate of drug-likeness (QED) is 0.325. The lowest BCUT2D eigenvalue weighted by atomic mass is 9.93. The van der Waals surface area contributed by atoms with Crippen molar-refractivity contribution < 1.29 is 13.9 Å². The Hall–Kier alpha value is -1.16. The summed E-state index contributed by atoms with van der Waals surface area (Å²) in [6, 6.07) is 4.44. The largest absolute Gasteiger partial charge is 0.393 e. The van der Waals surface area contributed by atoms with Gasteiger partial charge in [-0.2, -0.15) is 0 Å². The highest BCUT2D eigenvalue weighted by Crippen LogP contribution is 2.25. The van der Waals surface area contributed by atoms with Crippen molar-refractivity contribution in [1.29, 1.82) is 0 Å². The number of aliphatic hydroxyl groups excluding tert-OH is 1. The van der Waals surface area contributed by atoms with Crippen LogP contribution in [0.25, 0.3) is 0 Å². The van der Waals surface area contributed by atoms with E-state index >= 15 is 0 Å². The molecule has 2 aliphatic rings. The van der Waals surface area contributed by atoms with Gasteiger partial charge in [0.2, 0.25) is 0 Å². The maximum atomic E-state index is 13.5. The van der Waals surface area contributed by atoms with Gasteiger partial charge in [0.05, 0.1) is 6.10 Å². The summed E-state index contributed by atoms with van der Waals surface area (Å²) in [4.78, 5) is 6.83. The first kappa shape index (κ1) is 23.1. The molecule has 0 aromatic heterocycles. The van der Waals surface area contributed by atoms with Gasteiger partial charge in [0, 0.05) is 44.0 Å². The van der Waals surface area contributed by atoms with Crippen LogP contribution in [0.5, 0.6) is 0 Å². The number of rotatable bonds is 5. The molecule has 2 fully saturated rings. The SMILES string of the molecule is CCNC(=NCC1CCN(c2ccc(F)c(F)c2)C1)NC1CCC(O)CC1.I. The number of guanidine groups is 1. The van der Waals surface area contributed by atoms with Crippen LogP contribution in [0, 0.1) is 17.6 Å². The lowest BCUT2D eigenvalue weighted by Gasteiger charge is -2.27. The fourth-order valence-corrected chi connectivity index (χ4v) is 3.85. The van der Waals surface area contributed by atoms with Crippen LogP contribution in [0.2, 0.25) is 0 Å². The highest BCUT2D eigenvalue weighted by atomic mass is 127. The van der Waals surface area contributed by atoms with Crippen molar-refractivity contribution in [2.75, 3.05) is 31.1 Å². The summed E-state index contributed by atoms with van der Waals surface area (Å²) in [5, 5.41) is 16.4. The third-order valence-electron chi connectivity index (χ3n) is 5.44. The minimum absolute atomic E-state index is 0. The third kappa shape index (κ3) is 6.43. The van der Waals surface area contributed by atoms with E-state index in [1.807, 2.05) is 6.92 Å². The summed E-state index contributed by atoms with van der Waals surface area (Å²) >= 11 is 0. The van der Waals surface area contributed by atoms with Crippen molar-refractivity contribution in [3.63, 3.8) is 0 Å². The Labute approximate surface area is 183 Å². The molecule has 5 nitrogen and oxygen atoms in total. The molecule has 0 radical (unpaired) electrons.